The number of nitrogens with one attached hydrogen (secondary N) is 1. The molecule has 1 atom stereocenters. The Labute approximate surface area is 190 Å². The third-order valence-corrected chi connectivity index (χ3v) is 4.32. The lowest BCUT2D eigenvalue weighted by molar-refractivity contribution is -0.145. The van der Waals surface area contributed by atoms with Crippen molar-refractivity contribution in [3.05, 3.63) is 52.0 Å². The van der Waals surface area contributed by atoms with Crippen LogP contribution < -0.4 is 19.6 Å². The van der Waals surface area contributed by atoms with E-state index >= 15 is 0 Å². The van der Waals surface area contributed by atoms with Crippen LogP contribution in [0.1, 0.15) is 19.4 Å². The van der Waals surface area contributed by atoms with Gasteiger partial charge < -0.3 is 18.9 Å². The molecular weight excluding hydrogens is 447 g/mol. The smallest absolute Gasteiger partial charge is 0.344 e. The van der Waals surface area contributed by atoms with Gasteiger partial charge in [-0.15, -0.1) is 0 Å². The number of rotatable bonds is 10. The zero-order chi connectivity index (χ0) is 22.8. The van der Waals surface area contributed by atoms with Crippen LogP contribution in [0, 0.1) is 0 Å². The lowest BCUT2D eigenvalue weighted by Gasteiger charge is -2.14. The van der Waals surface area contributed by atoms with Crippen LogP contribution in [-0.4, -0.2) is 44.5 Å². The predicted molar refractivity (Wildman–Crippen MR) is 117 cm³/mol. The van der Waals surface area contributed by atoms with Gasteiger partial charge in [-0.3, -0.25) is 4.79 Å². The topological polar surface area (TPSA) is 95.5 Å². The van der Waals surface area contributed by atoms with Crippen molar-refractivity contribution in [2.24, 2.45) is 5.10 Å². The molecule has 1 amide bonds. The van der Waals surface area contributed by atoms with E-state index in [2.05, 4.69) is 10.5 Å². The van der Waals surface area contributed by atoms with Gasteiger partial charge in [0.25, 0.3) is 5.91 Å². The SMILES string of the molecule is CCOC(=O)COc1ccc(/C=N\NC(=O)[C@@H](C)Oc2ccc(Cl)cc2Cl)cc1OC. The van der Waals surface area contributed by atoms with Crippen LogP contribution in [0.25, 0.3) is 0 Å². The van der Waals surface area contributed by atoms with Crippen LogP contribution in [0.4, 0.5) is 0 Å². The number of nitrogens with zero attached hydrogens (tertiary/aromatic N) is 1. The number of esters is 1. The average molecular weight is 469 g/mol. The lowest BCUT2D eigenvalue weighted by atomic mass is 10.2. The Hall–Kier alpha value is -2.97. The number of carbonyl (C=O) groups excluding carboxylic acids is 2. The van der Waals surface area contributed by atoms with Crippen molar-refractivity contribution in [3.8, 4) is 17.2 Å². The van der Waals surface area contributed by atoms with Crippen LogP contribution in [0.2, 0.25) is 10.0 Å². The summed E-state index contributed by atoms with van der Waals surface area (Å²) in [7, 11) is 1.47. The number of carbonyl (C=O) groups is 2. The molecule has 0 heterocycles. The number of hydrogen-bond acceptors (Lipinski definition) is 7. The molecule has 0 fully saturated rings. The summed E-state index contributed by atoms with van der Waals surface area (Å²) in [6.45, 7) is 3.32. The Morgan fingerprint density at radius 3 is 2.55 bits per heavy atom. The molecule has 0 unspecified atom stereocenters. The van der Waals surface area contributed by atoms with Crippen LogP contribution in [0.5, 0.6) is 17.2 Å². The number of hydrogen-bond donors (Lipinski definition) is 1. The van der Waals surface area contributed by atoms with Gasteiger partial charge in [-0.2, -0.15) is 5.10 Å². The van der Waals surface area contributed by atoms with E-state index in [1.807, 2.05) is 0 Å². The Balaban J connectivity index is 1.93. The Morgan fingerprint density at radius 2 is 1.87 bits per heavy atom. The fourth-order valence-electron chi connectivity index (χ4n) is 2.30. The van der Waals surface area contributed by atoms with Crippen molar-refractivity contribution in [1.29, 1.82) is 0 Å². The van der Waals surface area contributed by atoms with Crippen molar-refractivity contribution < 1.29 is 28.5 Å². The van der Waals surface area contributed by atoms with Gasteiger partial charge in [0.2, 0.25) is 0 Å². The van der Waals surface area contributed by atoms with E-state index in [4.69, 9.17) is 42.1 Å². The van der Waals surface area contributed by atoms with Crippen molar-refractivity contribution in [2.75, 3.05) is 20.3 Å². The normalized spacial score (nSPS) is 11.6. The summed E-state index contributed by atoms with van der Waals surface area (Å²) in [4.78, 5) is 23.6. The monoisotopic (exact) mass is 468 g/mol. The molecule has 166 valence electrons. The number of amides is 1. The molecule has 1 N–H and O–H groups in total. The number of methoxy groups -OCH3 is 1. The highest BCUT2D eigenvalue weighted by atomic mass is 35.5. The second-order valence-corrected chi connectivity index (χ2v) is 6.92. The van der Waals surface area contributed by atoms with Gasteiger partial charge in [-0.1, -0.05) is 23.2 Å². The summed E-state index contributed by atoms with van der Waals surface area (Å²) < 4.78 is 21.0. The molecule has 0 saturated heterocycles. The molecule has 2 rings (SSSR count). The quantitative estimate of drug-likeness (QED) is 0.323. The molecule has 0 aliphatic rings. The van der Waals surface area contributed by atoms with Crippen LogP contribution in [0.3, 0.4) is 0 Å². The van der Waals surface area contributed by atoms with E-state index in [1.54, 1.807) is 44.2 Å². The zero-order valence-electron chi connectivity index (χ0n) is 17.2. The van der Waals surface area contributed by atoms with Gasteiger partial charge in [0, 0.05) is 5.02 Å². The summed E-state index contributed by atoms with van der Waals surface area (Å²) in [5.74, 6) is 0.158. The summed E-state index contributed by atoms with van der Waals surface area (Å²) in [6, 6.07) is 9.66. The molecule has 0 radical (unpaired) electrons. The third kappa shape index (κ3) is 7.66. The van der Waals surface area contributed by atoms with Crippen LogP contribution in [0.15, 0.2) is 41.5 Å². The molecule has 0 bridgehead atoms. The maximum atomic E-state index is 12.2. The van der Waals surface area contributed by atoms with Gasteiger partial charge in [-0.25, -0.2) is 10.2 Å². The van der Waals surface area contributed by atoms with Crippen LogP contribution >= 0.6 is 23.2 Å². The van der Waals surface area contributed by atoms with Crippen molar-refractivity contribution in [2.45, 2.75) is 20.0 Å². The largest absolute Gasteiger partial charge is 0.493 e. The number of ether oxygens (including phenoxy) is 4. The van der Waals surface area contributed by atoms with Gasteiger partial charge in [0.1, 0.15) is 5.75 Å². The van der Waals surface area contributed by atoms with E-state index in [9.17, 15) is 9.59 Å². The molecule has 31 heavy (non-hydrogen) atoms. The molecule has 10 heteroatoms. The summed E-state index contributed by atoms with van der Waals surface area (Å²) in [6.07, 6.45) is 0.585. The molecule has 8 nitrogen and oxygen atoms in total. The average Bonchev–Trinajstić information content (AvgIpc) is 2.74. The van der Waals surface area contributed by atoms with E-state index in [1.165, 1.54) is 19.4 Å². The molecule has 0 spiro atoms. The summed E-state index contributed by atoms with van der Waals surface area (Å²) >= 11 is 11.9. The highest BCUT2D eigenvalue weighted by Gasteiger charge is 2.16. The first-order valence-corrected chi connectivity index (χ1v) is 10.0. The highest BCUT2D eigenvalue weighted by Crippen LogP contribution is 2.29. The lowest BCUT2D eigenvalue weighted by Crippen LogP contribution is -2.33. The first kappa shape index (κ1) is 24.3. The molecular formula is C21H22Cl2N2O6. The van der Waals surface area contributed by atoms with Crippen molar-refractivity contribution >= 4 is 41.3 Å². The van der Waals surface area contributed by atoms with E-state index < -0.39 is 18.0 Å². The van der Waals surface area contributed by atoms with Gasteiger partial charge >= 0.3 is 5.97 Å². The van der Waals surface area contributed by atoms with Crippen molar-refractivity contribution in [1.82, 2.24) is 5.43 Å². The summed E-state index contributed by atoms with van der Waals surface area (Å²) in [5.41, 5.74) is 3.03. The second-order valence-electron chi connectivity index (χ2n) is 6.07. The number of hydrazone groups is 1. The van der Waals surface area contributed by atoms with E-state index in [0.717, 1.165) is 0 Å². The van der Waals surface area contributed by atoms with E-state index in [0.29, 0.717) is 32.9 Å². The number of halogens is 2. The Bertz CT molecular complexity index is 951. The second kappa shape index (κ2) is 12.0. The Morgan fingerprint density at radius 1 is 1.13 bits per heavy atom. The molecule has 0 aliphatic carbocycles. The minimum Gasteiger partial charge on any atom is -0.493 e. The van der Waals surface area contributed by atoms with Gasteiger partial charge in [-0.05, 0) is 55.8 Å². The van der Waals surface area contributed by atoms with E-state index in [-0.39, 0.29) is 13.2 Å². The molecule has 2 aromatic rings. The van der Waals surface area contributed by atoms with Crippen LogP contribution in [-0.2, 0) is 14.3 Å². The maximum absolute atomic E-state index is 12.2. The molecule has 2 aromatic carbocycles. The first-order chi connectivity index (χ1) is 14.8. The minimum atomic E-state index is -0.844. The van der Waals surface area contributed by atoms with Gasteiger partial charge in [0.05, 0.1) is 25.0 Å². The molecule has 0 aromatic heterocycles. The first-order valence-electron chi connectivity index (χ1n) is 9.25. The highest BCUT2D eigenvalue weighted by molar-refractivity contribution is 6.35. The van der Waals surface area contributed by atoms with Crippen molar-refractivity contribution in [3.63, 3.8) is 0 Å². The molecule has 0 aliphatic heterocycles. The minimum absolute atomic E-state index is 0.233. The Kier molecular flexibility index (Phi) is 9.42. The molecule has 0 saturated carbocycles. The van der Waals surface area contributed by atoms with Gasteiger partial charge in [0.15, 0.2) is 24.2 Å². The fraction of sp³-hybridized carbons (Fsp3) is 0.286. The summed E-state index contributed by atoms with van der Waals surface area (Å²) in [5, 5.41) is 4.68. The number of benzene rings is 2. The zero-order valence-corrected chi connectivity index (χ0v) is 18.7. The standard InChI is InChI=1S/C21H22Cl2N2O6/c1-4-29-20(26)12-30-18-7-5-14(9-19(18)28-3)11-24-25-21(27)13(2)31-17-8-6-15(22)10-16(17)23/h5-11,13H,4,12H2,1-3H3,(H,25,27)/b24-11-/t13-/m1/s1. The fourth-order valence-corrected chi connectivity index (χ4v) is 2.75. The third-order valence-electron chi connectivity index (χ3n) is 3.79. The predicted octanol–water partition coefficient (Wildman–Crippen LogP) is 3.86. The maximum Gasteiger partial charge on any atom is 0.344 e.